The molecule has 0 radical (unpaired) electrons. The highest BCUT2D eigenvalue weighted by atomic mass is 16.5. The third-order valence-electron chi connectivity index (χ3n) is 2.48. The van der Waals surface area contributed by atoms with Crippen LogP contribution in [0.4, 0.5) is 0 Å². The minimum absolute atomic E-state index is 0.219. The van der Waals surface area contributed by atoms with E-state index in [1.54, 1.807) is 13.4 Å². The quantitative estimate of drug-likeness (QED) is 0.716. The molecule has 12 heavy (non-hydrogen) atoms. The van der Waals surface area contributed by atoms with Crippen molar-refractivity contribution >= 4 is 0 Å². The lowest BCUT2D eigenvalue weighted by Gasteiger charge is -2.23. The van der Waals surface area contributed by atoms with E-state index in [-0.39, 0.29) is 5.60 Å². The first-order valence-corrected chi connectivity index (χ1v) is 4.17. The second-order valence-electron chi connectivity index (χ2n) is 3.10. The minimum Gasteiger partial charge on any atom is -0.466 e. The van der Waals surface area contributed by atoms with Gasteiger partial charge in [0.25, 0.3) is 0 Å². The molecular weight excluding hydrogens is 154 g/mol. The summed E-state index contributed by atoms with van der Waals surface area (Å²) in [5, 5.41) is 3.27. The molecule has 0 saturated carbocycles. The van der Waals surface area contributed by atoms with Crippen LogP contribution in [0.5, 0.6) is 0 Å². The van der Waals surface area contributed by atoms with E-state index in [1.165, 1.54) is 0 Å². The molecule has 3 heteroatoms. The van der Waals surface area contributed by atoms with Crippen LogP contribution in [0, 0.1) is 0 Å². The van der Waals surface area contributed by atoms with Crippen molar-refractivity contribution in [2.45, 2.75) is 12.0 Å². The molecule has 0 bridgehead atoms. The molecule has 0 spiro atoms. The van der Waals surface area contributed by atoms with E-state index in [9.17, 15) is 0 Å². The number of methoxy groups -OCH3 is 1. The third-order valence-corrected chi connectivity index (χ3v) is 2.48. The molecule has 0 aromatic carbocycles. The number of rotatable bonds is 2. The Morgan fingerprint density at radius 2 is 2.58 bits per heavy atom. The fraction of sp³-hybridized carbons (Fsp3) is 0.556. The van der Waals surface area contributed by atoms with Crippen molar-refractivity contribution < 1.29 is 9.15 Å². The second-order valence-corrected chi connectivity index (χ2v) is 3.10. The van der Waals surface area contributed by atoms with Crippen molar-refractivity contribution in [3.63, 3.8) is 0 Å². The zero-order chi connectivity index (χ0) is 8.44. The summed E-state index contributed by atoms with van der Waals surface area (Å²) in [5.41, 5.74) is -0.219. The van der Waals surface area contributed by atoms with Gasteiger partial charge in [0.2, 0.25) is 0 Å². The Kier molecular flexibility index (Phi) is 1.90. The number of ether oxygens (including phenoxy) is 1. The maximum Gasteiger partial charge on any atom is 0.139 e. The smallest absolute Gasteiger partial charge is 0.139 e. The van der Waals surface area contributed by atoms with E-state index < -0.39 is 0 Å². The first-order chi connectivity index (χ1) is 5.87. The van der Waals surface area contributed by atoms with Crippen molar-refractivity contribution in [2.75, 3.05) is 20.2 Å². The van der Waals surface area contributed by atoms with Crippen LogP contribution in [0.15, 0.2) is 22.8 Å². The first-order valence-electron chi connectivity index (χ1n) is 4.17. The molecular formula is C9H13NO2. The predicted molar refractivity (Wildman–Crippen MR) is 44.9 cm³/mol. The fourth-order valence-corrected chi connectivity index (χ4v) is 1.69. The lowest BCUT2D eigenvalue weighted by molar-refractivity contribution is -0.0145. The van der Waals surface area contributed by atoms with E-state index in [1.807, 2.05) is 12.1 Å². The zero-order valence-electron chi connectivity index (χ0n) is 7.17. The summed E-state index contributed by atoms with van der Waals surface area (Å²) in [5.74, 6) is 0.926. The van der Waals surface area contributed by atoms with Crippen LogP contribution < -0.4 is 5.32 Å². The lowest BCUT2D eigenvalue weighted by Crippen LogP contribution is -2.30. The molecule has 3 nitrogen and oxygen atoms in total. The van der Waals surface area contributed by atoms with Gasteiger partial charge in [-0.1, -0.05) is 0 Å². The van der Waals surface area contributed by atoms with Gasteiger partial charge in [0.05, 0.1) is 6.26 Å². The number of hydrogen-bond acceptors (Lipinski definition) is 3. The predicted octanol–water partition coefficient (Wildman–Crippen LogP) is 1.11. The molecule has 1 aromatic rings. The molecule has 1 aromatic heterocycles. The van der Waals surface area contributed by atoms with Gasteiger partial charge in [0.1, 0.15) is 11.4 Å². The first kappa shape index (κ1) is 7.83. The van der Waals surface area contributed by atoms with Gasteiger partial charge in [-0.3, -0.25) is 0 Å². The van der Waals surface area contributed by atoms with Gasteiger partial charge in [-0.05, 0) is 25.1 Å². The lowest BCUT2D eigenvalue weighted by atomic mass is 10.00. The van der Waals surface area contributed by atoms with Crippen LogP contribution in [0.25, 0.3) is 0 Å². The minimum atomic E-state index is -0.219. The SMILES string of the molecule is COC1(c2ccco2)CCNC1. The van der Waals surface area contributed by atoms with Crippen molar-refractivity contribution in [1.29, 1.82) is 0 Å². The van der Waals surface area contributed by atoms with E-state index >= 15 is 0 Å². The summed E-state index contributed by atoms with van der Waals surface area (Å²) in [6.45, 7) is 1.84. The van der Waals surface area contributed by atoms with Crippen LogP contribution in [0.3, 0.4) is 0 Å². The number of furan rings is 1. The van der Waals surface area contributed by atoms with Crippen LogP contribution in [-0.2, 0) is 10.3 Å². The highest BCUT2D eigenvalue weighted by Gasteiger charge is 2.38. The molecule has 1 unspecified atom stereocenters. The average Bonchev–Trinajstić information content (AvgIpc) is 2.76. The summed E-state index contributed by atoms with van der Waals surface area (Å²) in [6.07, 6.45) is 2.67. The van der Waals surface area contributed by atoms with E-state index in [0.29, 0.717) is 0 Å². The molecule has 1 saturated heterocycles. The molecule has 0 aliphatic carbocycles. The summed E-state index contributed by atoms with van der Waals surface area (Å²) in [6, 6.07) is 3.87. The molecule has 2 rings (SSSR count). The molecule has 1 aliphatic rings. The largest absolute Gasteiger partial charge is 0.466 e. The van der Waals surface area contributed by atoms with Gasteiger partial charge in [-0.15, -0.1) is 0 Å². The van der Waals surface area contributed by atoms with Crippen molar-refractivity contribution in [3.8, 4) is 0 Å². The molecule has 66 valence electrons. The average molecular weight is 167 g/mol. The van der Waals surface area contributed by atoms with Crippen LogP contribution in [-0.4, -0.2) is 20.2 Å². The van der Waals surface area contributed by atoms with Crippen LogP contribution >= 0.6 is 0 Å². The Hall–Kier alpha value is -0.800. The van der Waals surface area contributed by atoms with Gasteiger partial charge in [0.15, 0.2) is 0 Å². The maximum atomic E-state index is 5.49. The van der Waals surface area contributed by atoms with Gasteiger partial charge in [-0.25, -0.2) is 0 Å². The summed E-state index contributed by atoms with van der Waals surface area (Å²) >= 11 is 0. The van der Waals surface area contributed by atoms with Gasteiger partial charge >= 0.3 is 0 Å². The Morgan fingerprint density at radius 1 is 1.67 bits per heavy atom. The van der Waals surface area contributed by atoms with E-state index in [0.717, 1.165) is 25.3 Å². The Balaban J connectivity index is 2.28. The Labute approximate surface area is 71.7 Å². The molecule has 0 amide bonds. The van der Waals surface area contributed by atoms with Gasteiger partial charge in [-0.2, -0.15) is 0 Å². The summed E-state index contributed by atoms with van der Waals surface area (Å²) < 4.78 is 10.8. The van der Waals surface area contributed by atoms with Gasteiger partial charge in [0, 0.05) is 13.7 Å². The van der Waals surface area contributed by atoms with Gasteiger partial charge < -0.3 is 14.5 Å². The molecule has 1 fully saturated rings. The highest BCUT2D eigenvalue weighted by Crippen LogP contribution is 2.31. The second kappa shape index (κ2) is 2.92. The topological polar surface area (TPSA) is 34.4 Å². The molecule has 1 N–H and O–H groups in total. The van der Waals surface area contributed by atoms with Crippen LogP contribution in [0.2, 0.25) is 0 Å². The highest BCUT2D eigenvalue weighted by molar-refractivity contribution is 5.12. The normalized spacial score (nSPS) is 29.4. The Morgan fingerprint density at radius 3 is 3.08 bits per heavy atom. The standard InChI is InChI=1S/C9H13NO2/c1-11-9(4-5-10-7-9)8-3-2-6-12-8/h2-3,6,10H,4-5,7H2,1H3. The summed E-state index contributed by atoms with van der Waals surface area (Å²) in [7, 11) is 1.73. The fourth-order valence-electron chi connectivity index (χ4n) is 1.69. The van der Waals surface area contributed by atoms with Crippen molar-refractivity contribution in [2.24, 2.45) is 0 Å². The third kappa shape index (κ3) is 1.06. The summed E-state index contributed by atoms with van der Waals surface area (Å²) in [4.78, 5) is 0. The van der Waals surface area contributed by atoms with Crippen LogP contribution in [0.1, 0.15) is 12.2 Å². The zero-order valence-corrected chi connectivity index (χ0v) is 7.17. The van der Waals surface area contributed by atoms with E-state index in [4.69, 9.17) is 9.15 Å². The van der Waals surface area contributed by atoms with E-state index in [2.05, 4.69) is 5.32 Å². The molecule has 2 heterocycles. The maximum absolute atomic E-state index is 5.49. The number of nitrogens with one attached hydrogen (secondary N) is 1. The van der Waals surface area contributed by atoms with Crippen molar-refractivity contribution in [1.82, 2.24) is 5.32 Å². The Bertz CT molecular complexity index is 237. The molecule has 1 atom stereocenters. The monoisotopic (exact) mass is 167 g/mol. The molecule has 1 aliphatic heterocycles. The number of hydrogen-bond donors (Lipinski definition) is 1. The van der Waals surface area contributed by atoms with Crippen molar-refractivity contribution in [3.05, 3.63) is 24.2 Å².